The van der Waals surface area contributed by atoms with Gasteiger partial charge in [0.2, 0.25) is 0 Å². The lowest BCUT2D eigenvalue weighted by molar-refractivity contribution is 0.0526. The van der Waals surface area contributed by atoms with Gasteiger partial charge in [0.25, 0.3) is 11.8 Å². The predicted octanol–water partition coefficient (Wildman–Crippen LogP) is 0.606. The van der Waals surface area contributed by atoms with E-state index in [1.807, 2.05) is 5.43 Å². The molecule has 1 heterocycles. The third kappa shape index (κ3) is 6.10. The molecule has 1 rings (SSSR count). The van der Waals surface area contributed by atoms with E-state index >= 15 is 0 Å². The summed E-state index contributed by atoms with van der Waals surface area (Å²) >= 11 is 1.03. The Kier molecular flexibility index (Phi) is 6.32. The van der Waals surface area contributed by atoms with E-state index in [0.29, 0.717) is 9.75 Å². The van der Waals surface area contributed by atoms with Crippen molar-refractivity contribution in [3.8, 4) is 0 Å². The molecule has 0 aliphatic heterocycles. The van der Waals surface area contributed by atoms with Gasteiger partial charge in [-0.25, -0.2) is 10.6 Å². The third-order valence-electron chi connectivity index (χ3n) is 2.26. The average Bonchev–Trinajstić information content (AvgIpc) is 2.90. The maximum Gasteiger partial charge on any atom is 0.407 e. The van der Waals surface area contributed by atoms with Gasteiger partial charge in [0.1, 0.15) is 5.60 Å². The molecule has 0 aliphatic carbocycles. The average molecular weight is 328 g/mol. The molecule has 1 aromatic rings. The summed E-state index contributed by atoms with van der Waals surface area (Å²) in [5.74, 6) is 4.24. The van der Waals surface area contributed by atoms with Crippen LogP contribution in [0.25, 0.3) is 0 Å². The molecule has 0 fully saturated rings. The summed E-state index contributed by atoms with van der Waals surface area (Å²) in [4.78, 5) is 35.2. The van der Waals surface area contributed by atoms with Crippen LogP contribution in [0.15, 0.2) is 12.1 Å². The van der Waals surface area contributed by atoms with Crippen LogP contribution < -0.4 is 21.9 Å². The number of hydrogen-bond acceptors (Lipinski definition) is 6. The molecule has 9 heteroatoms. The Bertz CT molecular complexity index is 550. The molecule has 0 saturated heterocycles. The Balaban J connectivity index is 2.33. The Morgan fingerprint density at radius 2 is 1.64 bits per heavy atom. The van der Waals surface area contributed by atoms with Crippen molar-refractivity contribution in [1.82, 2.24) is 16.1 Å². The topological polar surface area (TPSA) is 123 Å². The quantitative estimate of drug-likeness (QED) is 0.273. The fraction of sp³-hybridized carbons (Fsp3) is 0.462. The SMILES string of the molecule is CC(C)(C)OC(=O)NCCNC(=O)c1ccc(C(=O)NN)s1. The molecule has 3 amide bonds. The van der Waals surface area contributed by atoms with Crippen LogP contribution in [0.3, 0.4) is 0 Å². The summed E-state index contributed by atoms with van der Waals surface area (Å²) in [5.41, 5.74) is 1.43. The number of carbonyl (C=O) groups is 3. The second kappa shape index (κ2) is 7.76. The fourth-order valence-electron chi connectivity index (χ4n) is 1.39. The van der Waals surface area contributed by atoms with E-state index in [2.05, 4.69) is 10.6 Å². The molecule has 5 N–H and O–H groups in total. The van der Waals surface area contributed by atoms with E-state index in [-0.39, 0.29) is 19.0 Å². The Morgan fingerprint density at radius 1 is 1.09 bits per heavy atom. The van der Waals surface area contributed by atoms with Gasteiger partial charge in [-0.2, -0.15) is 0 Å². The first-order valence-electron chi connectivity index (χ1n) is 6.59. The largest absolute Gasteiger partial charge is 0.444 e. The van der Waals surface area contributed by atoms with Gasteiger partial charge in [-0.3, -0.25) is 15.0 Å². The number of hydrazine groups is 1. The van der Waals surface area contributed by atoms with Crippen LogP contribution in [0.4, 0.5) is 4.79 Å². The molecule has 22 heavy (non-hydrogen) atoms. The summed E-state index contributed by atoms with van der Waals surface area (Å²) < 4.78 is 5.05. The van der Waals surface area contributed by atoms with E-state index in [1.165, 1.54) is 12.1 Å². The zero-order chi connectivity index (χ0) is 16.8. The molecular formula is C13H20N4O4S. The molecular weight excluding hydrogens is 308 g/mol. The van der Waals surface area contributed by atoms with E-state index in [9.17, 15) is 14.4 Å². The third-order valence-corrected chi connectivity index (χ3v) is 3.35. The van der Waals surface area contributed by atoms with Gasteiger partial charge in [0, 0.05) is 13.1 Å². The van der Waals surface area contributed by atoms with Crippen molar-refractivity contribution in [2.24, 2.45) is 5.84 Å². The molecule has 0 bridgehead atoms. The van der Waals surface area contributed by atoms with Crippen molar-refractivity contribution in [3.05, 3.63) is 21.9 Å². The molecule has 122 valence electrons. The van der Waals surface area contributed by atoms with Crippen LogP contribution in [0.5, 0.6) is 0 Å². The van der Waals surface area contributed by atoms with Gasteiger partial charge < -0.3 is 15.4 Å². The molecule has 8 nitrogen and oxygen atoms in total. The Labute approximate surface area is 132 Å². The molecule has 0 aromatic carbocycles. The van der Waals surface area contributed by atoms with Crippen molar-refractivity contribution < 1.29 is 19.1 Å². The predicted molar refractivity (Wildman–Crippen MR) is 82.5 cm³/mol. The van der Waals surface area contributed by atoms with Crippen LogP contribution >= 0.6 is 11.3 Å². The molecule has 0 atom stereocenters. The minimum atomic E-state index is -0.565. The van der Waals surface area contributed by atoms with E-state index < -0.39 is 17.6 Å². The summed E-state index contributed by atoms with van der Waals surface area (Å²) in [6.07, 6.45) is -0.542. The number of alkyl carbamates (subject to hydrolysis) is 1. The van der Waals surface area contributed by atoms with E-state index in [0.717, 1.165) is 11.3 Å². The molecule has 0 radical (unpaired) electrons. The van der Waals surface area contributed by atoms with Crippen LogP contribution in [0, 0.1) is 0 Å². The molecule has 0 spiro atoms. The highest BCUT2D eigenvalue weighted by atomic mass is 32.1. The number of hydrogen-bond donors (Lipinski definition) is 4. The van der Waals surface area contributed by atoms with Gasteiger partial charge in [-0.05, 0) is 32.9 Å². The number of thiophene rings is 1. The highest BCUT2D eigenvalue weighted by molar-refractivity contribution is 7.15. The van der Waals surface area contributed by atoms with Gasteiger partial charge >= 0.3 is 6.09 Å². The van der Waals surface area contributed by atoms with Crippen LogP contribution in [-0.4, -0.2) is 36.6 Å². The summed E-state index contributed by atoms with van der Waals surface area (Å²) in [6, 6.07) is 3.05. The minimum absolute atomic E-state index is 0.238. The maximum absolute atomic E-state index is 11.8. The fourth-order valence-corrected chi connectivity index (χ4v) is 2.22. The second-order valence-corrected chi connectivity index (χ2v) is 6.41. The van der Waals surface area contributed by atoms with Gasteiger partial charge in [-0.15, -0.1) is 11.3 Å². The van der Waals surface area contributed by atoms with Crippen LogP contribution in [0.2, 0.25) is 0 Å². The number of nitrogens with one attached hydrogen (secondary N) is 3. The van der Waals surface area contributed by atoms with Crippen LogP contribution in [-0.2, 0) is 4.74 Å². The summed E-state index contributed by atoms with van der Waals surface area (Å²) in [7, 11) is 0. The molecule has 0 unspecified atom stereocenters. The molecule has 0 saturated carbocycles. The van der Waals surface area contributed by atoms with Crippen molar-refractivity contribution in [1.29, 1.82) is 0 Å². The van der Waals surface area contributed by atoms with E-state index in [1.54, 1.807) is 20.8 Å². The number of amides is 3. The number of nitrogens with two attached hydrogens (primary N) is 1. The smallest absolute Gasteiger partial charge is 0.407 e. The van der Waals surface area contributed by atoms with Crippen molar-refractivity contribution >= 4 is 29.2 Å². The highest BCUT2D eigenvalue weighted by Gasteiger charge is 2.16. The monoisotopic (exact) mass is 328 g/mol. The van der Waals surface area contributed by atoms with Crippen LogP contribution in [0.1, 0.15) is 40.1 Å². The number of carbonyl (C=O) groups excluding carboxylic acids is 3. The number of ether oxygens (including phenoxy) is 1. The number of rotatable bonds is 5. The van der Waals surface area contributed by atoms with Crippen molar-refractivity contribution in [3.63, 3.8) is 0 Å². The first kappa shape index (κ1) is 17.9. The zero-order valence-corrected chi connectivity index (χ0v) is 13.5. The Morgan fingerprint density at radius 3 is 2.18 bits per heavy atom. The minimum Gasteiger partial charge on any atom is -0.444 e. The molecule has 1 aromatic heterocycles. The first-order chi connectivity index (χ1) is 10.2. The van der Waals surface area contributed by atoms with E-state index in [4.69, 9.17) is 10.6 Å². The normalized spacial score (nSPS) is 10.7. The number of nitrogen functional groups attached to an aromatic ring is 1. The molecule has 0 aliphatic rings. The van der Waals surface area contributed by atoms with Gasteiger partial charge in [0.05, 0.1) is 9.75 Å². The lowest BCUT2D eigenvalue weighted by Crippen LogP contribution is -2.37. The Hall–Kier alpha value is -2.13. The summed E-state index contributed by atoms with van der Waals surface area (Å²) in [6.45, 7) is 5.78. The zero-order valence-electron chi connectivity index (χ0n) is 12.7. The lowest BCUT2D eigenvalue weighted by atomic mass is 10.2. The first-order valence-corrected chi connectivity index (χ1v) is 7.40. The van der Waals surface area contributed by atoms with Gasteiger partial charge in [0.15, 0.2) is 0 Å². The standard InChI is InChI=1S/C13H20N4O4S/c1-13(2,3)21-12(20)16-7-6-15-10(18)8-4-5-9(22-8)11(19)17-14/h4-5H,6-7,14H2,1-3H3,(H,15,18)(H,16,20)(H,17,19). The lowest BCUT2D eigenvalue weighted by Gasteiger charge is -2.19. The van der Waals surface area contributed by atoms with Crippen molar-refractivity contribution in [2.45, 2.75) is 26.4 Å². The maximum atomic E-state index is 11.8. The second-order valence-electron chi connectivity index (χ2n) is 5.32. The highest BCUT2D eigenvalue weighted by Crippen LogP contribution is 2.15. The summed E-state index contributed by atoms with van der Waals surface area (Å²) in [5, 5.41) is 5.15. The van der Waals surface area contributed by atoms with Gasteiger partial charge in [-0.1, -0.05) is 0 Å². The van der Waals surface area contributed by atoms with Crippen molar-refractivity contribution in [2.75, 3.05) is 13.1 Å².